The minimum absolute atomic E-state index is 0.0177. The summed E-state index contributed by atoms with van der Waals surface area (Å²) in [4.78, 5) is 2.26. The first kappa shape index (κ1) is 16.2. The summed E-state index contributed by atoms with van der Waals surface area (Å²) in [5.74, 6) is -0.122. The molecule has 1 aliphatic rings. The highest BCUT2D eigenvalue weighted by Crippen LogP contribution is 2.30. The van der Waals surface area contributed by atoms with Crippen molar-refractivity contribution >= 4 is 5.69 Å². The summed E-state index contributed by atoms with van der Waals surface area (Å²) in [5, 5.41) is 3.40. The molecule has 1 fully saturated rings. The Morgan fingerprint density at radius 2 is 2.24 bits per heavy atom. The van der Waals surface area contributed by atoms with Crippen LogP contribution >= 0.6 is 0 Å². The van der Waals surface area contributed by atoms with E-state index in [1.165, 1.54) is 0 Å². The number of hydrogen-bond donors (Lipinski definition) is 1. The van der Waals surface area contributed by atoms with Crippen molar-refractivity contribution in [2.75, 3.05) is 31.1 Å². The summed E-state index contributed by atoms with van der Waals surface area (Å²) >= 11 is 0. The zero-order valence-electron chi connectivity index (χ0n) is 13.4. The van der Waals surface area contributed by atoms with E-state index in [-0.39, 0.29) is 18.0 Å². The largest absolute Gasteiger partial charge is 0.375 e. The van der Waals surface area contributed by atoms with Gasteiger partial charge in [-0.3, -0.25) is 0 Å². The summed E-state index contributed by atoms with van der Waals surface area (Å²) in [6, 6.07) is 5.40. The quantitative estimate of drug-likeness (QED) is 0.869. The zero-order valence-corrected chi connectivity index (χ0v) is 13.4. The lowest BCUT2D eigenvalue weighted by Crippen LogP contribution is -2.43. The molecule has 1 saturated heterocycles. The van der Waals surface area contributed by atoms with Gasteiger partial charge in [0.15, 0.2) is 0 Å². The van der Waals surface area contributed by atoms with E-state index < -0.39 is 0 Å². The molecule has 0 spiro atoms. The zero-order chi connectivity index (χ0) is 15.2. The summed E-state index contributed by atoms with van der Waals surface area (Å²) in [7, 11) is 0. The Balaban J connectivity index is 2.24. The van der Waals surface area contributed by atoms with Gasteiger partial charge in [-0.05, 0) is 38.4 Å². The predicted octanol–water partition coefficient (Wildman–Crippen LogP) is 3.50. The molecule has 0 saturated carbocycles. The molecular formula is C17H27FN2O. The van der Waals surface area contributed by atoms with Crippen LogP contribution in [0, 0.1) is 5.82 Å². The third kappa shape index (κ3) is 3.95. The first-order chi connectivity index (χ1) is 10.2. The summed E-state index contributed by atoms with van der Waals surface area (Å²) in [6.07, 6.45) is 2.28. The van der Waals surface area contributed by atoms with Gasteiger partial charge in [0, 0.05) is 30.4 Å². The first-order valence-electron chi connectivity index (χ1n) is 8.05. The second-order valence-corrected chi connectivity index (χ2v) is 5.70. The fourth-order valence-corrected chi connectivity index (χ4v) is 2.88. The minimum atomic E-state index is -0.122. The molecule has 0 bridgehead atoms. The van der Waals surface area contributed by atoms with Crippen molar-refractivity contribution in [2.24, 2.45) is 0 Å². The molecular weight excluding hydrogens is 267 g/mol. The van der Waals surface area contributed by atoms with E-state index in [1.807, 2.05) is 13.0 Å². The molecule has 3 nitrogen and oxygen atoms in total. The number of benzene rings is 1. The Hall–Kier alpha value is -1.13. The highest BCUT2D eigenvalue weighted by atomic mass is 19.1. The van der Waals surface area contributed by atoms with Crippen LogP contribution in [0.15, 0.2) is 18.2 Å². The Kier molecular flexibility index (Phi) is 6.00. The Morgan fingerprint density at radius 3 is 2.95 bits per heavy atom. The topological polar surface area (TPSA) is 24.5 Å². The van der Waals surface area contributed by atoms with Crippen molar-refractivity contribution in [3.8, 4) is 0 Å². The minimum Gasteiger partial charge on any atom is -0.375 e. The lowest BCUT2D eigenvalue weighted by Gasteiger charge is -2.36. The molecule has 0 amide bonds. The smallest absolute Gasteiger partial charge is 0.130 e. The first-order valence-corrected chi connectivity index (χ1v) is 8.05. The molecule has 1 heterocycles. The average Bonchev–Trinajstić information content (AvgIpc) is 2.52. The van der Waals surface area contributed by atoms with Gasteiger partial charge >= 0.3 is 0 Å². The van der Waals surface area contributed by atoms with Crippen molar-refractivity contribution in [2.45, 2.75) is 45.8 Å². The predicted molar refractivity (Wildman–Crippen MR) is 85.4 cm³/mol. The molecule has 2 atom stereocenters. The number of ether oxygens (including phenoxy) is 1. The average molecular weight is 294 g/mol. The molecule has 118 valence electrons. The Morgan fingerprint density at radius 1 is 1.43 bits per heavy atom. The lowest BCUT2D eigenvalue weighted by molar-refractivity contribution is 0.0383. The number of rotatable bonds is 6. The summed E-state index contributed by atoms with van der Waals surface area (Å²) in [6.45, 7) is 9.57. The molecule has 2 rings (SSSR count). The molecule has 1 aliphatic heterocycles. The molecule has 1 aromatic carbocycles. The van der Waals surface area contributed by atoms with Crippen LogP contribution in [0.1, 0.15) is 45.2 Å². The number of nitrogens with zero attached hydrogens (tertiary/aromatic N) is 1. The maximum atomic E-state index is 14.4. The van der Waals surface area contributed by atoms with Gasteiger partial charge in [0.1, 0.15) is 5.82 Å². The second kappa shape index (κ2) is 7.76. The van der Waals surface area contributed by atoms with E-state index in [9.17, 15) is 4.39 Å². The van der Waals surface area contributed by atoms with Crippen LogP contribution in [0.3, 0.4) is 0 Å². The fourth-order valence-electron chi connectivity index (χ4n) is 2.88. The van der Waals surface area contributed by atoms with Gasteiger partial charge in [0.2, 0.25) is 0 Å². The molecule has 2 unspecified atom stereocenters. The molecule has 0 aliphatic carbocycles. The van der Waals surface area contributed by atoms with Gasteiger partial charge in [0.05, 0.1) is 12.7 Å². The van der Waals surface area contributed by atoms with Gasteiger partial charge in [-0.1, -0.05) is 19.9 Å². The maximum Gasteiger partial charge on any atom is 0.130 e. The molecule has 0 radical (unpaired) electrons. The third-order valence-corrected chi connectivity index (χ3v) is 4.10. The van der Waals surface area contributed by atoms with E-state index in [4.69, 9.17) is 4.74 Å². The Labute approximate surface area is 127 Å². The van der Waals surface area contributed by atoms with Crippen LogP contribution in [0.4, 0.5) is 10.1 Å². The monoisotopic (exact) mass is 294 g/mol. The van der Waals surface area contributed by atoms with Gasteiger partial charge in [-0.2, -0.15) is 0 Å². The van der Waals surface area contributed by atoms with E-state index in [0.29, 0.717) is 6.61 Å². The molecule has 21 heavy (non-hydrogen) atoms. The van der Waals surface area contributed by atoms with E-state index in [0.717, 1.165) is 43.7 Å². The Bertz CT molecular complexity index is 452. The normalized spacial score (nSPS) is 20.6. The number of morpholine rings is 1. The van der Waals surface area contributed by atoms with Gasteiger partial charge in [0.25, 0.3) is 0 Å². The van der Waals surface area contributed by atoms with Crippen molar-refractivity contribution < 1.29 is 9.13 Å². The maximum absolute atomic E-state index is 14.4. The molecule has 1 N–H and O–H groups in total. The van der Waals surface area contributed by atoms with Crippen molar-refractivity contribution in [3.63, 3.8) is 0 Å². The number of anilines is 1. The van der Waals surface area contributed by atoms with Gasteiger partial charge < -0.3 is 15.0 Å². The number of nitrogens with one attached hydrogen (secondary N) is 1. The number of halogens is 1. The lowest BCUT2D eigenvalue weighted by atomic mass is 10.0. The van der Waals surface area contributed by atoms with Crippen molar-refractivity contribution in [1.82, 2.24) is 5.32 Å². The number of hydrogen-bond acceptors (Lipinski definition) is 3. The second-order valence-electron chi connectivity index (χ2n) is 5.70. The SMILES string of the molecule is CCCNC(C)c1c(F)cccc1N1CCOC(CC)C1. The fraction of sp³-hybridized carbons (Fsp3) is 0.647. The van der Waals surface area contributed by atoms with E-state index in [2.05, 4.69) is 24.1 Å². The van der Waals surface area contributed by atoms with Crippen molar-refractivity contribution in [1.29, 1.82) is 0 Å². The molecule has 1 aromatic rings. The van der Waals surface area contributed by atoms with E-state index >= 15 is 0 Å². The van der Waals surface area contributed by atoms with Crippen LogP contribution in [-0.4, -0.2) is 32.3 Å². The third-order valence-electron chi connectivity index (χ3n) is 4.10. The van der Waals surface area contributed by atoms with Crippen LogP contribution < -0.4 is 10.2 Å². The van der Waals surface area contributed by atoms with Crippen molar-refractivity contribution in [3.05, 3.63) is 29.6 Å². The van der Waals surface area contributed by atoms with Crippen LogP contribution in [0.25, 0.3) is 0 Å². The van der Waals surface area contributed by atoms with Crippen LogP contribution in [0.5, 0.6) is 0 Å². The van der Waals surface area contributed by atoms with E-state index in [1.54, 1.807) is 12.1 Å². The van der Waals surface area contributed by atoms with Crippen LogP contribution in [-0.2, 0) is 4.74 Å². The highest BCUT2D eigenvalue weighted by molar-refractivity contribution is 5.56. The highest BCUT2D eigenvalue weighted by Gasteiger charge is 2.24. The summed E-state index contributed by atoms with van der Waals surface area (Å²) < 4.78 is 20.1. The molecule has 0 aromatic heterocycles. The van der Waals surface area contributed by atoms with Gasteiger partial charge in [-0.15, -0.1) is 0 Å². The summed E-state index contributed by atoms with van der Waals surface area (Å²) in [5.41, 5.74) is 1.79. The molecule has 4 heteroatoms. The van der Waals surface area contributed by atoms with Crippen LogP contribution in [0.2, 0.25) is 0 Å². The van der Waals surface area contributed by atoms with Gasteiger partial charge in [-0.25, -0.2) is 4.39 Å². The standard InChI is InChI=1S/C17H27FN2O/c1-4-9-19-13(3)17-15(18)7-6-8-16(17)20-10-11-21-14(5-2)12-20/h6-8,13-14,19H,4-5,9-12H2,1-3H3.